The number of halogens is 2. The van der Waals surface area contributed by atoms with Crippen LogP contribution in [0.1, 0.15) is 17.0 Å². The third-order valence-electron chi connectivity index (χ3n) is 2.74. The van der Waals surface area contributed by atoms with Gasteiger partial charge in [-0.15, -0.1) is 0 Å². The summed E-state index contributed by atoms with van der Waals surface area (Å²) in [6.07, 6.45) is 1.38. The molecule has 0 fully saturated rings. The first kappa shape index (κ1) is 18.5. The topological polar surface area (TPSA) is 87.5 Å². The SMILES string of the molecule is Cc1cc(C)nc(SCC(=O)N/N=C\c2cc(Cl)c(O)c(Cl)c2)n1. The maximum atomic E-state index is 11.8. The van der Waals surface area contributed by atoms with Crippen LogP contribution in [0, 0.1) is 13.8 Å². The molecule has 0 saturated heterocycles. The Labute approximate surface area is 153 Å². The molecule has 24 heavy (non-hydrogen) atoms. The molecule has 0 saturated carbocycles. The molecule has 0 unspecified atom stereocenters. The summed E-state index contributed by atoms with van der Waals surface area (Å²) in [6.45, 7) is 3.74. The molecule has 0 spiro atoms. The summed E-state index contributed by atoms with van der Waals surface area (Å²) >= 11 is 12.8. The van der Waals surface area contributed by atoms with Gasteiger partial charge in [-0.25, -0.2) is 15.4 Å². The summed E-state index contributed by atoms with van der Waals surface area (Å²) in [5.74, 6) is -0.350. The van der Waals surface area contributed by atoms with Crippen LogP contribution < -0.4 is 5.43 Å². The number of hydrogen-bond donors (Lipinski definition) is 2. The number of aromatic hydroxyl groups is 1. The van der Waals surface area contributed by atoms with Gasteiger partial charge in [0.05, 0.1) is 22.0 Å². The fourth-order valence-electron chi connectivity index (χ4n) is 1.76. The molecule has 6 nitrogen and oxygen atoms in total. The lowest BCUT2D eigenvalue weighted by Gasteiger charge is -2.03. The number of hydrogen-bond acceptors (Lipinski definition) is 6. The molecule has 126 valence electrons. The van der Waals surface area contributed by atoms with Crippen LogP contribution in [-0.2, 0) is 4.79 Å². The van der Waals surface area contributed by atoms with Gasteiger partial charge in [0, 0.05) is 11.4 Å². The van der Waals surface area contributed by atoms with Gasteiger partial charge >= 0.3 is 0 Å². The first-order valence-electron chi connectivity index (χ1n) is 6.80. The van der Waals surface area contributed by atoms with Crippen LogP contribution in [-0.4, -0.2) is 32.9 Å². The van der Waals surface area contributed by atoms with Crippen molar-refractivity contribution in [1.29, 1.82) is 0 Å². The van der Waals surface area contributed by atoms with Crippen LogP contribution in [0.15, 0.2) is 28.5 Å². The predicted octanol–water partition coefficient (Wildman–Crippen LogP) is 3.35. The number of carbonyl (C=O) groups excluding carboxylic acids is 1. The van der Waals surface area contributed by atoms with Gasteiger partial charge in [0.25, 0.3) is 5.91 Å². The third kappa shape index (κ3) is 5.36. The number of benzene rings is 1. The van der Waals surface area contributed by atoms with E-state index in [2.05, 4.69) is 20.5 Å². The van der Waals surface area contributed by atoms with E-state index in [0.29, 0.717) is 10.7 Å². The zero-order valence-electron chi connectivity index (χ0n) is 12.9. The van der Waals surface area contributed by atoms with Crippen molar-refractivity contribution < 1.29 is 9.90 Å². The molecule has 1 aromatic carbocycles. The molecule has 1 aromatic heterocycles. The molecule has 0 bridgehead atoms. The van der Waals surface area contributed by atoms with E-state index in [-0.39, 0.29) is 27.5 Å². The Kier molecular flexibility index (Phi) is 6.42. The van der Waals surface area contributed by atoms with Crippen molar-refractivity contribution in [3.05, 3.63) is 45.2 Å². The van der Waals surface area contributed by atoms with E-state index in [9.17, 15) is 9.90 Å². The van der Waals surface area contributed by atoms with Crippen molar-refractivity contribution in [3.8, 4) is 5.75 Å². The van der Waals surface area contributed by atoms with Crippen LogP contribution >= 0.6 is 35.0 Å². The number of amides is 1. The lowest BCUT2D eigenvalue weighted by Crippen LogP contribution is -2.19. The van der Waals surface area contributed by atoms with E-state index in [1.165, 1.54) is 30.1 Å². The summed E-state index contributed by atoms with van der Waals surface area (Å²) in [5, 5.41) is 14.1. The molecule has 2 aromatic rings. The molecule has 0 radical (unpaired) electrons. The van der Waals surface area contributed by atoms with Gasteiger partial charge in [-0.2, -0.15) is 5.10 Å². The number of nitrogens with zero attached hydrogens (tertiary/aromatic N) is 3. The highest BCUT2D eigenvalue weighted by Crippen LogP contribution is 2.32. The van der Waals surface area contributed by atoms with Gasteiger partial charge in [-0.1, -0.05) is 35.0 Å². The number of aromatic nitrogens is 2. The highest BCUT2D eigenvalue weighted by Gasteiger charge is 2.07. The number of nitrogens with one attached hydrogen (secondary N) is 1. The summed E-state index contributed by atoms with van der Waals surface area (Å²) in [6, 6.07) is 4.83. The van der Waals surface area contributed by atoms with Crippen molar-refractivity contribution in [2.75, 3.05) is 5.75 Å². The van der Waals surface area contributed by atoms with Gasteiger partial charge in [0.2, 0.25) is 0 Å². The zero-order chi connectivity index (χ0) is 17.7. The summed E-state index contributed by atoms with van der Waals surface area (Å²) in [7, 11) is 0. The van der Waals surface area contributed by atoms with Crippen LogP contribution in [0.25, 0.3) is 0 Å². The number of aryl methyl sites for hydroxylation is 2. The fraction of sp³-hybridized carbons (Fsp3) is 0.200. The second kappa shape index (κ2) is 8.32. The van der Waals surface area contributed by atoms with Crippen LogP contribution in [0.5, 0.6) is 5.75 Å². The summed E-state index contributed by atoms with van der Waals surface area (Å²) < 4.78 is 0. The molecular weight excluding hydrogens is 371 g/mol. The number of carbonyl (C=O) groups is 1. The highest BCUT2D eigenvalue weighted by molar-refractivity contribution is 7.99. The maximum absolute atomic E-state index is 11.8. The molecule has 1 amide bonds. The fourth-order valence-corrected chi connectivity index (χ4v) is 3.00. The molecule has 0 atom stereocenters. The number of hydrazone groups is 1. The average Bonchev–Trinajstić information content (AvgIpc) is 2.49. The minimum absolute atomic E-state index is 0.109. The van der Waals surface area contributed by atoms with Crippen molar-refractivity contribution in [2.24, 2.45) is 5.10 Å². The average molecular weight is 385 g/mol. The Morgan fingerprint density at radius 1 is 1.25 bits per heavy atom. The van der Waals surface area contributed by atoms with Crippen LogP contribution in [0.3, 0.4) is 0 Å². The minimum Gasteiger partial charge on any atom is -0.505 e. The number of phenolic OH excluding ortho intramolecular Hbond substituents is 1. The van der Waals surface area contributed by atoms with Crippen molar-refractivity contribution >= 4 is 47.1 Å². The van der Waals surface area contributed by atoms with Gasteiger partial charge < -0.3 is 5.11 Å². The van der Waals surface area contributed by atoms with Gasteiger partial charge in [0.15, 0.2) is 10.9 Å². The standard InChI is InChI=1S/C15H14Cl2N4O2S/c1-8-3-9(2)20-15(19-8)24-7-13(22)21-18-6-10-4-11(16)14(23)12(17)5-10/h3-6,23H,7H2,1-2H3,(H,21,22)/b18-6-. The molecule has 2 N–H and O–H groups in total. The van der Waals surface area contributed by atoms with E-state index in [1.54, 1.807) is 0 Å². The van der Waals surface area contributed by atoms with E-state index in [0.717, 1.165) is 11.4 Å². The third-order valence-corrected chi connectivity index (χ3v) is 4.16. The van der Waals surface area contributed by atoms with Crippen LogP contribution in [0.2, 0.25) is 10.0 Å². The number of phenols is 1. The van der Waals surface area contributed by atoms with Gasteiger partial charge in [0.1, 0.15) is 0 Å². The summed E-state index contributed by atoms with van der Waals surface area (Å²) in [4.78, 5) is 20.3. The second-order valence-electron chi connectivity index (χ2n) is 4.85. The molecule has 2 rings (SSSR count). The van der Waals surface area contributed by atoms with Gasteiger partial charge in [-0.3, -0.25) is 4.79 Å². The molecule has 0 aliphatic carbocycles. The lowest BCUT2D eigenvalue weighted by atomic mass is 10.2. The highest BCUT2D eigenvalue weighted by atomic mass is 35.5. The first-order valence-corrected chi connectivity index (χ1v) is 8.54. The van der Waals surface area contributed by atoms with E-state index in [1.807, 2.05) is 19.9 Å². The van der Waals surface area contributed by atoms with Crippen molar-refractivity contribution in [2.45, 2.75) is 19.0 Å². The Hall–Kier alpha value is -1.83. The first-order chi connectivity index (χ1) is 11.3. The number of rotatable bonds is 5. The Balaban J connectivity index is 1.89. The predicted molar refractivity (Wildman–Crippen MR) is 96.1 cm³/mol. The van der Waals surface area contributed by atoms with E-state index < -0.39 is 0 Å². The normalized spacial score (nSPS) is 11.0. The molecule has 0 aliphatic rings. The second-order valence-corrected chi connectivity index (χ2v) is 6.61. The molecule has 1 heterocycles. The van der Waals surface area contributed by atoms with E-state index >= 15 is 0 Å². The zero-order valence-corrected chi connectivity index (χ0v) is 15.2. The lowest BCUT2D eigenvalue weighted by molar-refractivity contribution is -0.118. The Bertz CT molecular complexity index is 756. The Morgan fingerprint density at radius 2 is 1.83 bits per heavy atom. The Morgan fingerprint density at radius 3 is 2.42 bits per heavy atom. The smallest absolute Gasteiger partial charge is 0.250 e. The van der Waals surface area contributed by atoms with Gasteiger partial charge in [-0.05, 0) is 37.6 Å². The maximum Gasteiger partial charge on any atom is 0.250 e. The largest absolute Gasteiger partial charge is 0.505 e. The monoisotopic (exact) mass is 384 g/mol. The molecule has 9 heteroatoms. The summed E-state index contributed by atoms with van der Waals surface area (Å²) in [5.41, 5.74) is 4.64. The number of thioether (sulfide) groups is 1. The van der Waals surface area contributed by atoms with Crippen LogP contribution in [0.4, 0.5) is 0 Å². The van der Waals surface area contributed by atoms with E-state index in [4.69, 9.17) is 23.2 Å². The molecular formula is C15H14Cl2N4O2S. The van der Waals surface area contributed by atoms with Crippen molar-refractivity contribution in [3.63, 3.8) is 0 Å². The van der Waals surface area contributed by atoms with Crippen molar-refractivity contribution in [1.82, 2.24) is 15.4 Å². The quantitative estimate of drug-likeness (QED) is 0.357. The minimum atomic E-state index is -0.296. The molecule has 0 aliphatic heterocycles.